The van der Waals surface area contributed by atoms with E-state index in [1.54, 1.807) is 16.8 Å². The molecule has 6 heteroatoms. The van der Waals surface area contributed by atoms with Gasteiger partial charge in [0.25, 0.3) is 0 Å². The molecule has 0 bridgehead atoms. The first-order chi connectivity index (χ1) is 13.3. The van der Waals surface area contributed by atoms with E-state index in [-0.39, 0.29) is 24.2 Å². The molecule has 2 aromatic carbocycles. The van der Waals surface area contributed by atoms with E-state index in [1.165, 1.54) is 12.1 Å². The molecule has 28 heavy (non-hydrogen) atoms. The van der Waals surface area contributed by atoms with Gasteiger partial charge < -0.3 is 10.1 Å². The molecule has 0 unspecified atom stereocenters. The number of amides is 1. The van der Waals surface area contributed by atoms with Gasteiger partial charge in [-0.2, -0.15) is 5.10 Å². The van der Waals surface area contributed by atoms with E-state index in [0.717, 1.165) is 28.4 Å². The average Bonchev–Trinajstić information content (AvgIpc) is 2.92. The molecule has 0 spiro atoms. The Morgan fingerprint density at radius 1 is 1.11 bits per heavy atom. The van der Waals surface area contributed by atoms with Gasteiger partial charge in [0.15, 0.2) is 0 Å². The summed E-state index contributed by atoms with van der Waals surface area (Å²) in [6.07, 6.45) is 0.312. The first-order valence-corrected chi connectivity index (χ1v) is 9.21. The summed E-state index contributed by atoms with van der Waals surface area (Å²) < 4.78 is 20.5. The minimum absolute atomic E-state index is 0.101. The number of aromatic nitrogens is 2. The molecule has 0 aliphatic rings. The summed E-state index contributed by atoms with van der Waals surface area (Å²) in [6.45, 7) is 7.70. The fourth-order valence-electron chi connectivity index (χ4n) is 3.02. The van der Waals surface area contributed by atoms with Crippen molar-refractivity contribution in [1.82, 2.24) is 9.78 Å². The van der Waals surface area contributed by atoms with Crippen LogP contribution in [-0.4, -0.2) is 21.8 Å². The summed E-state index contributed by atoms with van der Waals surface area (Å²) in [7, 11) is 0. The van der Waals surface area contributed by atoms with Crippen molar-refractivity contribution in [2.45, 2.75) is 40.2 Å². The van der Waals surface area contributed by atoms with E-state index in [0.29, 0.717) is 5.69 Å². The number of ether oxygens (including phenoxy) is 1. The second-order valence-corrected chi connectivity index (χ2v) is 6.95. The normalized spacial score (nSPS) is 10.9. The summed E-state index contributed by atoms with van der Waals surface area (Å²) in [5.74, 6) is 0.345. The number of nitrogens with one attached hydrogen (secondary N) is 1. The van der Waals surface area contributed by atoms with Crippen LogP contribution in [0, 0.1) is 19.7 Å². The van der Waals surface area contributed by atoms with Gasteiger partial charge in [0.2, 0.25) is 5.91 Å². The van der Waals surface area contributed by atoms with Gasteiger partial charge >= 0.3 is 0 Å². The van der Waals surface area contributed by atoms with Gasteiger partial charge in [-0.15, -0.1) is 0 Å². The number of carbonyl (C=O) groups excluding carboxylic acids is 1. The Balaban J connectivity index is 1.71. The lowest BCUT2D eigenvalue weighted by atomic mass is 10.1. The van der Waals surface area contributed by atoms with Gasteiger partial charge in [-0.1, -0.05) is 0 Å². The zero-order valence-electron chi connectivity index (χ0n) is 16.5. The van der Waals surface area contributed by atoms with Crippen molar-refractivity contribution < 1.29 is 13.9 Å². The number of carbonyl (C=O) groups is 1. The largest absolute Gasteiger partial charge is 0.491 e. The Morgan fingerprint density at radius 3 is 2.36 bits per heavy atom. The molecule has 0 fully saturated rings. The number of anilines is 1. The second kappa shape index (κ2) is 8.25. The summed E-state index contributed by atoms with van der Waals surface area (Å²) >= 11 is 0. The van der Waals surface area contributed by atoms with E-state index in [1.807, 2.05) is 52.0 Å². The van der Waals surface area contributed by atoms with Crippen LogP contribution in [0.1, 0.15) is 30.8 Å². The smallest absolute Gasteiger partial charge is 0.228 e. The Kier molecular flexibility index (Phi) is 5.78. The lowest BCUT2D eigenvalue weighted by Gasteiger charge is -2.11. The third-order valence-corrected chi connectivity index (χ3v) is 4.36. The number of nitrogens with zero attached hydrogens (tertiary/aromatic N) is 2. The Bertz CT molecular complexity index is 961. The highest BCUT2D eigenvalue weighted by Crippen LogP contribution is 2.20. The third-order valence-electron chi connectivity index (χ3n) is 4.36. The Labute approximate surface area is 164 Å². The van der Waals surface area contributed by atoms with Gasteiger partial charge in [-0.25, -0.2) is 9.07 Å². The fraction of sp³-hybridized carbons (Fsp3) is 0.273. The highest BCUT2D eigenvalue weighted by molar-refractivity contribution is 5.92. The summed E-state index contributed by atoms with van der Waals surface area (Å²) in [6, 6.07) is 13.4. The maximum absolute atomic E-state index is 13.2. The third kappa shape index (κ3) is 4.57. The maximum Gasteiger partial charge on any atom is 0.228 e. The van der Waals surface area contributed by atoms with Crippen LogP contribution in [0.25, 0.3) is 5.69 Å². The predicted molar refractivity (Wildman–Crippen MR) is 108 cm³/mol. The number of hydrogen-bond acceptors (Lipinski definition) is 3. The first-order valence-electron chi connectivity index (χ1n) is 9.21. The molecule has 0 aliphatic carbocycles. The summed E-state index contributed by atoms with van der Waals surface area (Å²) in [4.78, 5) is 12.5. The van der Waals surface area contributed by atoms with Crippen LogP contribution in [0.15, 0.2) is 48.5 Å². The molecule has 0 saturated carbocycles. The van der Waals surface area contributed by atoms with Crippen molar-refractivity contribution in [3.05, 3.63) is 71.3 Å². The highest BCUT2D eigenvalue weighted by Gasteiger charge is 2.16. The van der Waals surface area contributed by atoms with Gasteiger partial charge in [0, 0.05) is 16.9 Å². The molecule has 1 heterocycles. The summed E-state index contributed by atoms with van der Waals surface area (Å²) in [5, 5.41) is 7.41. The zero-order chi connectivity index (χ0) is 20.3. The molecule has 1 amide bonds. The topological polar surface area (TPSA) is 56.2 Å². The molecule has 5 nitrogen and oxygen atoms in total. The molecule has 146 valence electrons. The molecule has 0 aliphatic heterocycles. The van der Waals surface area contributed by atoms with Crippen LogP contribution in [0.4, 0.5) is 10.1 Å². The van der Waals surface area contributed by atoms with Gasteiger partial charge in [0.05, 0.1) is 23.9 Å². The minimum Gasteiger partial charge on any atom is -0.491 e. The quantitative estimate of drug-likeness (QED) is 0.679. The Morgan fingerprint density at radius 2 is 1.75 bits per heavy atom. The van der Waals surface area contributed by atoms with Crippen LogP contribution in [-0.2, 0) is 11.2 Å². The lowest BCUT2D eigenvalue weighted by Crippen LogP contribution is -2.15. The molecular weight excluding hydrogens is 357 g/mol. The highest BCUT2D eigenvalue weighted by atomic mass is 19.1. The predicted octanol–water partition coefficient (Wildman–Crippen LogP) is 4.60. The number of halogens is 1. The van der Waals surface area contributed by atoms with E-state index < -0.39 is 0 Å². The summed E-state index contributed by atoms with van der Waals surface area (Å²) in [5.41, 5.74) is 3.97. The zero-order valence-corrected chi connectivity index (χ0v) is 16.5. The van der Waals surface area contributed by atoms with E-state index >= 15 is 0 Å². The maximum atomic E-state index is 13.2. The van der Waals surface area contributed by atoms with Gasteiger partial charge in [-0.05, 0) is 76.2 Å². The average molecular weight is 381 g/mol. The second-order valence-electron chi connectivity index (χ2n) is 6.95. The van der Waals surface area contributed by atoms with Crippen molar-refractivity contribution in [2.75, 3.05) is 5.32 Å². The van der Waals surface area contributed by atoms with Gasteiger partial charge in [-0.3, -0.25) is 4.79 Å². The number of aryl methyl sites for hydroxylation is 1. The van der Waals surface area contributed by atoms with E-state index in [4.69, 9.17) is 4.74 Å². The number of hydrogen-bond donors (Lipinski definition) is 1. The number of rotatable bonds is 6. The first kappa shape index (κ1) is 19.6. The lowest BCUT2D eigenvalue weighted by molar-refractivity contribution is -0.115. The van der Waals surface area contributed by atoms with Crippen molar-refractivity contribution >= 4 is 11.6 Å². The minimum atomic E-state index is -0.297. The van der Waals surface area contributed by atoms with Gasteiger partial charge in [0.1, 0.15) is 11.6 Å². The van der Waals surface area contributed by atoms with Crippen LogP contribution >= 0.6 is 0 Å². The molecule has 0 atom stereocenters. The molecule has 1 aromatic heterocycles. The monoisotopic (exact) mass is 381 g/mol. The van der Waals surface area contributed by atoms with Crippen LogP contribution in [0.2, 0.25) is 0 Å². The molecule has 0 radical (unpaired) electrons. The Hall–Kier alpha value is -3.15. The van der Waals surface area contributed by atoms with Crippen molar-refractivity contribution in [1.29, 1.82) is 0 Å². The van der Waals surface area contributed by atoms with Crippen molar-refractivity contribution in [3.63, 3.8) is 0 Å². The van der Waals surface area contributed by atoms with Crippen LogP contribution in [0.3, 0.4) is 0 Å². The molecule has 0 saturated heterocycles. The van der Waals surface area contributed by atoms with Crippen LogP contribution in [0.5, 0.6) is 5.75 Å². The fourth-order valence-corrected chi connectivity index (χ4v) is 3.02. The molecule has 3 rings (SSSR count). The molecule has 1 N–H and O–H groups in total. The van der Waals surface area contributed by atoms with E-state index in [9.17, 15) is 9.18 Å². The van der Waals surface area contributed by atoms with Crippen LogP contribution < -0.4 is 10.1 Å². The molecule has 3 aromatic rings. The number of benzene rings is 2. The van der Waals surface area contributed by atoms with Crippen molar-refractivity contribution in [3.8, 4) is 11.4 Å². The SMILES string of the molecule is Cc1nn(-c2ccc(F)cc2)c(C)c1CC(=O)Nc1ccc(OC(C)C)cc1. The van der Waals surface area contributed by atoms with E-state index in [2.05, 4.69) is 10.4 Å². The van der Waals surface area contributed by atoms with Crippen molar-refractivity contribution in [2.24, 2.45) is 0 Å². The standard InChI is InChI=1S/C22H24FN3O2/c1-14(2)28-20-11-7-18(8-12-20)24-22(27)13-21-15(3)25-26(16(21)4)19-9-5-17(23)6-10-19/h5-12,14H,13H2,1-4H3,(H,24,27). The molecular formula is C22H24FN3O2.